The van der Waals surface area contributed by atoms with Crippen LogP contribution < -0.4 is 11.1 Å². The van der Waals surface area contributed by atoms with Crippen LogP contribution in [0.15, 0.2) is 12.3 Å². The highest BCUT2D eigenvalue weighted by Crippen LogP contribution is 1.91. The molecule has 14 heavy (non-hydrogen) atoms. The number of alkyl carbamates (subject to hydrolysis) is 1. The van der Waals surface area contributed by atoms with Crippen molar-refractivity contribution in [2.75, 3.05) is 6.61 Å². The second kappa shape index (κ2) is 5.57. The second-order valence-corrected chi connectivity index (χ2v) is 2.03. The lowest BCUT2D eigenvalue weighted by Gasteiger charge is -2.05. The predicted molar refractivity (Wildman–Crippen MR) is 45.0 cm³/mol. The molecule has 0 aliphatic rings. The maximum absolute atomic E-state index is 10.8. The fourth-order valence-electron chi connectivity index (χ4n) is 0.494. The third kappa shape index (κ3) is 4.75. The average molecular weight is 202 g/mol. The quantitative estimate of drug-likeness (QED) is 0.376. The summed E-state index contributed by atoms with van der Waals surface area (Å²) >= 11 is 0. The van der Waals surface area contributed by atoms with Crippen molar-refractivity contribution in [3.63, 3.8) is 0 Å². The zero-order valence-electron chi connectivity index (χ0n) is 7.53. The van der Waals surface area contributed by atoms with E-state index in [4.69, 9.17) is 0 Å². The summed E-state index contributed by atoms with van der Waals surface area (Å²) in [6, 6.07) is 0. The number of primary amides is 1. The smallest absolute Gasteiger partial charge is 0.412 e. The fourth-order valence-corrected chi connectivity index (χ4v) is 0.494. The van der Waals surface area contributed by atoms with Crippen LogP contribution in [-0.4, -0.2) is 24.8 Å². The normalized spacial score (nSPS) is 8.64. The van der Waals surface area contributed by atoms with Crippen LogP contribution in [0, 0.1) is 0 Å². The third-order valence-corrected chi connectivity index (χ3v) is 0.968. The molecule has 7 heteroatoms. The number of rotatable bonds is 3. The molecule has 0 atom stereocenters. The van der Waals surface area contributed by atoms with E-state index in [1.54, 1.807) is 6.92 Å². The van der Waals surface area contributed by atoms with Crippen molar-refractivity contribution >= 4 is 18.2 Å². The molecular formula is C7H10N2O5. The van der Waals surface area contributed by atoms with Gasteiger partial charge >= 0.3 is 18.2 Å². The van der Waals surface area contributed by atoms with Gasteiger partial charge in [-0.25, -0.2) is 14.4 Å². The van der Waals surface area contributed by atoms with Gasteiger partial charge in [-0.1, -0.05) is 6.58 Å². The molecule has 0 aromatic rings. The number of hydrogen-bond donors (Lipinski definition) is 2. The van der Waals surface area contributed by atoms with Gasteiger partial charge in [-0.2, -0.15) is 0 Å². The first-order valence-corrected chi connectivity index (χ1v) is 3.61. The Morgan fingerprint density at radius 2 is 2.00 bits per heavy atom. The monoisotopic (exact) mass is 202 g/mol. The SMILES string of the molecule is C=C(NC(=O)OCC)C(=O)OC(N)=O. The molecule has 0 saturated heterocycles. The highest BCUT2D eigenvalue weighted by Gasteiger charge is 2.14. The molecule has 0 heterocycles. The first kappa shape index (κ1) is 11.9. The third-order valence-electron chi connectivity index (χ3n) is 0.968. The molecule has 0 unspecified atom stereocenters. The summed E-state index contributed by atoms with van der Waals surface area (Å²) in [6.45, 7) is 4.87. The standard InChI is InChI=1S/C7H10N2O5/c1-3-13-7(12)9-4(2)5(10)14-6(8)11/h2-3H2,1H3,(H2,8,11)(H,9,12). The minimum Gasteiger partial charge on any atom is -0.450 e. The predicted octanol–water partition coefficient (Wildman–Crippen LogP) is -0.132. The minimum atomic E-state index is -1.28. The van der Waals surface area contributed by atoms with E-state index in [1.165, 1.54) is 0 Å². The Bertz CT molecular complexity index is 273. The van der Waals surface area contributed by atoms with Crippen molar-refractivity contribution in [1.82, 2.24) is 5.32 Å². The topological polar surface area (TPSA) is 108 Å². The number of carbonyl (C=O) groups excluding carboxylic acids is 3. The molecule has 7 nitrogen and oxygen atoms in total. The zero-order chi connectivity index (χ0) is 11.1. The van der Waals surface area contributed by atoms with Crippen LogP contribution in [0.3, 0.4) is 0 Å². The summed E-state index contributed by atoms with van der Waals surface area (Å²) in [4.78, 5) is 31.6. The average Bonchev–Trinajstić information content (AvgIpc) is 2.02. The molecule has 78 valence electrons. The van der Waals surface area contributed by atoms with Crippen molar-refractivity contribution in [3.8, 4) is 0 Å². The van der Waals surface area contributed by atoms with Crippen molar-refractivity contribution in [2.24, 2.45) is 5.73 Å². The van der Waals surface area contributed by atoms with E-state index in [-0.39, 0.29) is 6.61 Å². The van der Waals surface area contributed by atoms with Gasteiger partial charge < -0.3 is 15.2 Å². The molecule has 0 aromatic heterocycles. The molecule has 0 radical (unpaired) electrons. The van der Waals surface area contributed by atoms with Gasteiger partial charge in [0.15, 0.2) is 0 Å². The molecule has 0 spiro atoms. The van der Waals surface area contributed by atoms with Crippen LogP contribution in [0.5, 0.6) is 0 Å². The number of amides is 2. The van der Waals surface area contributed by atoms with Gasteiger partial charge in [-0.05, 0) is 6.92 Å². The lowest BCUT2D eigenvalue weighted by Crippen LogP contribution is -2.30. The van der Waals surface area contributed by atoms with Crippen LogP contribution in [0.4, 0.5) is 9.59 Å². The molecule has 3 N–H and O–H groups in total. The number of esters is 1. The molecule has 0 aliphatic carbocycles. The molecule has 0 aliphatic heterocycles. The number of nitrogens with two attached hydrogens (primary N) is 1. The van der Waals surface area contributed by atoms with Gasteiger partial charge in [-0.3, -0.25) is 5.32 Å². The van der Waals surface area contributed by atoms with Gasteiger partial charge in [0.1, 0.15) is 5.70 Å². The molecular weight excluding hydrogens is 192 g/mol. The Morgan fingerprint density at radius 1 is 1.43 bits per heavy atom. The van der Waals surface area contributed by atoms with Crippen LogP contribution >= 0.6 is 0 Å². The van der Waals surface area contributed by atoms with Crippen molar-refractivity contribution < 1.29 is 23.9 Å². The van der Waals surface area contributed by atoms with Gasteiger partial charge in [0.2, 0.25) is 0 Å². The van der Waals surface area contributed by atoms with E-state index in [2.05, 4.69) is 21.8 Å². The minimum absolute atomic E-state index is 0.143. The summed E-state index contributed by atoms with van der Waals surface area (Å²) in [7, 11) is 0. The highest BCUT2D eigenvalue weighted by molar-refractivity contribution is 5.97. The highest BCUT2D eigenvalue weighted by atomic mass is 16.6. The van der Waals surface area contributed by atoms with E-state index in [0.29, 0.717) is 0 Å². The van der Waals surface area contributed by atoms with E-state index >= 15 is 0 Å². The van der Waals surface area contributed by atoms with E-state index in [0.717, 1.165) is 0 Å². The van der Waals surface area contributed by atoms with E-state index < -0.39 is 23.9 Å². The summed E-state index contributed by atoms with van der Waals surface area (Å²) < 4.78 is 8.35. The summed E-state index contributed by atoms with van der Waals surface area (Å²) in [6.07, 6.45) is -2.14. The Labute approximate surface area is 79.8 Å². The van der Waals surface area contributed by atoms with Gasteiger partial charge in [0, 0.05) is 0 Å². The summed E-state index contributed by atoms with van der Waals surface area (Å²) in [5, 5.41) is 1.95. The van der Waals surface area contributed by atoms with Crippen molar-refractivity contribution in [1.29, 1.82) is 0 Å². The molecule has 0 rings (SSSR count). The van der Waals surface area contributed by atoms with E-state index in [1.807, 2.05) is 5.32 Å². The maximum Gasteiger partial charge on any atom is 0.412 e. The van der Waals surface area contributed by atoms with Crippen LogP contribution in [-0.2, 0) is 14.3 Å². The molecule has 0 saturated carbocycles. The van der Waals surface area contributed by atoms with Crippen LogP contribution in [0.2, 0.25) is 0 Å². The number of carbonyl (C=O) groups is 3. The lowest BCUT2D eigenvalue weighted by atomic mass is 10.5. The Hall–Kier alpha value is -2.05. The van der Waals surface area contributed by atoms with Gasteiger partial charge in [-0.15, -0.1) is 0 Å². The Balaban J connectivity index is 4.02. The van der Waals surface area contributed by atoms with E-state index in [9.17, 15) is 14.4 Å². The molecule has 0 aromatic carbocycles. The number of ether oxygens (including phenoxy) is 2. The van der Waals surface area contributed by atoms with Crippen LogP contribution in [0.25, 0.3) is 0 Å². The Kier molecular flexibility index (Phi) is 4.76. The molecule has 0 fully saturated rings. The van der Waals surface area contributed by atoms with Crippen LogP contribution in [0.1, 0.15) is 6.92 Å². The second-order valence-electron chi connectivity index (χ2n) is 2.03. The number of hydrogen-bond acceptors (Lipinski definition) is 5. The first-order valence-electron chi connectivity index (χ1n) is 3.61. The fraction of sp³-hybridized carbons (Fsp3) is 0.286. The van der Waals surface area contributed by atoms with Crippen molar-refractivity contribution in [2.45, 2.75) is 6.92 Å². The van der Waals surface area contributed by atoms with Gasteiger partial charge in [0.05, 0.1) is 6.61 Å². The summed E-state index contributed by atoms with van der Waals surface area (Å²) in [5.41, 5.74) is 4.13. The number of nitrogens with one attached hydrogen (secondary N) is 1. The molecule has 0 bridgehead atoms. The lowest BCUT2D eigenvalue weighted by molar-refractivity contribution is -0.133. The largest absolute Gasteiger partial charge is 0.450 e. The Morgan fingerprint density at radius 3 is 2.43 bits per heavy atom. The molecule has 2 amide bonds. The summed E-state index contributed by atoms with van der Waals surface area (Å²) in [5.74, 6) is -1.13. The zero-order valence-corrected chi connectivity index (χ0v) is 7.53. The van der Waals surface area contributed by atoms with Gasteiger partial charge in [0.25, 0.3) is 0 Å². The maximum atomic E-state index is 10.8. The van der Waals surface area contributed by atoms with Crippen molar-refractivity contribution in [3.05, 3.63) is 12.3 Å². The first-order chi connectivity index (χ1) is 6.47.